The number of amides is 2. The first-order valence-electron chi connectivity index (χ1n) is 9.49. The number of hydrogen-bond acceptors (Lipinski definition) is 5. The van der Waals surface area contributed by atoms with Gasteiger partial charge in [0.25, 0.3) is 11.6 Å². The Kier molecular flexibility index (Phi) is 4.72. The van der Waals surface area contributed by atoms with Crippen LogP contribution in [0.1, 0.15) is 32.1 Å². The van der Waals surface area contributed by atoms with Crippen molar-refractivity contribution in [2.75, 3.05) is 24.6 Å². The molecule has 0 radical (unpaired) electrons. The number of nitrogens with one attached hydrogen (secondary N) is 1. The first-order valence-corrected chi connectivity index (χ1v) is 9.49. The smallest absolute Gasteiger partial charge is 0.271 e. The molecule has 2 aliphatic carbocycles. The first-order chi connectivity index (χ1) is 13.0. The molecule has 4 rings (SSSR count). The summed E-state index contributed by atoms with van der Waals surface area (Å²) in [5.74, 6) is 2.14. The maximum atomic E-state index is 12.3. The van der Waals surface area contributed by atoms with Crippen molar-refractivity contribution in [1.29, 1.82) is 0 Å². The number of nitro groups is 1. The number of hydrogen-bond donors (Lipinski definition) is 1. The van der Waals surface area contributed by atoms with Crippen molar-refractivity contribution in [2.45, 2.75) is 32.1 Å². The Morgan fingerprint density at radius 2 is 2.19 bits per heavy atom. The zero-order valence-electron chi connectivity index (χ0n) is 15.1. The SMILES string of the molecule is O=C(CN1C(=O)COc2ccc([N+](=O)[O-])cc21)NCCC1CC2CCC1C2. The fourth-order valence-electron chi connectivity index (χ4n) is 4.80. The van der Waals surface area contributed by atoms with E-state index in [1.165, 1.54) is 48.8 Å². The Morgan fingerprint density at radius 1 is 1.33 bits per heavy atom. The minimum Gasteiger partial charge on any atom is -0.482 e. The van der Waals surface area contributed by atoms with Gasteiger partial charge in [-0.1, -0.05) is 6.42 Å². The highest BCUT2D eigenvalue weighted by Gasteiger charge is 2.39. The maximum absolute atomic E-state index is 12.3. The average Bonchev–Trinajstić information content (AvgIpc) is 3.27. The molecule has 0 aromatic heterocycles. The third-order valence-electron chi connectivity index (χ3n) is 6.12. The predicted molar refractivity (Wildman–Crippen MR) is 97.5 cm³/mol. The predicted octanol–water partition coefficient (Wildman–Crippen LogP) is 2.26. The van der Waals surface area contributed by atoms with Crippen LogP contribution >= 0.6 is 0 Å². The molecule has 3 atom stereocenters. The Hall–Kier alpha value is -2.64. The van der Waals surface area contributed by atoms with Crippen LogP contribution in [-0.2, 0) is 9.59 Å². The van der Waals surface area contributed by atoms with Crippen molar-refractivity contribution in [1.82, 2.24) is 5.32 Å². The molecule has 1 aromatic carbocycles. The molecule has 2 bridgehead atoms. The second-order valence-corrected chi connectivity index (χ2v) is 7.75. The molecule has 0 saturated heterocycles. The number of carbonyl (C=O) groups is 2. The molecule has 3 aliphatic rings. The van der Waals surface area contributed by atoms with Gasteiger partial charge in [-0.15, -0.1) is 0 Å². The first kappa shape index (κ1) is 17.8. The van der Waals surface area contributed by atoms with Crippen molar-refractivity contribution >= 4 is 23.2 Å². The Morgan fingerprint density at radius 3 is 2.89 bits per heavy atom. The second-order valence-electron chi connectivity index (χ2n) is 7.75. The van der Waals surface area contributed by atoms with Crippen molar-refractivity contribution < 1.29 is 19.2 Å². The highest BCUT2D eigenvalue weighted by atomic mass is 16.6. The lowest BCUT2D eigenvalue weighted by Gasteiger charge is -2.28. The van der Waals surface area contributed by atoms with E-state index >= 15 is 0 Å². The topological polar surface area (TPSA) is 102 Å². The van der Waals surface area contributed by atoms with Crippen molar-refractivity contribution in [2.24, 2.45) is 17.8 Å². The molecule has 1 aliphatic heterocycles. The molecule has 2 fully saturated rings. The zero-order valence-corrected chi connectivity index (χ0v) is 15.1. The third-order valence-corrected chi connectivity index (χ3v) is 6.12. The number of non-ortho nitro benzene ring substituents is 1. The minimum absolute atomic E-state index is 0.145. The lowest BCUT2D eigenvalue weighted by molar-refractivity contribution is -0.384. The van der Waals surface area contributed by atoms with Crippen LogP contribution in [0.5, 0.6) is 5.75 Å². The van der Waals surface area contributed by atoms with Crippen molar-refractivity contribution in [3.8, 4) is 5.75 Å². The maximum Gasteiger partial charge on any atom is 0.271 e. The number of benzene rings is 1. The molecular weight excluding hydrogens is 350 g/mol. The van der Waals surface area contributed by atoms with E-state index < -0.39 is 4.92 Å². The largest absolute Gasteiger partial charge is 0.482 e. The van der Waals surface area contributed by atoms with E-state index in [1.54, 1.807) is 0 Å². The fourth-order valence-corrected chi connectivity index (χ4v) is 4.80. The summed E-state index contributed by atoms with van der Waals surface area (Å²) in [7, 11) is 0. The molecule has 2 amide bonds. The normalized spacial score (nSPS) is 25.9. The summed E-state index contributed by atoms with van der Waals surface area (Å²) in [4.78, 5) is 36.3. The summed E-state index contributed by atoms with van der Waals surface area (Å²) in [6.07, 6.45) is 6.28. The molecule has 2 saturated carbocycles. The van der Waals surface area contributed by atoms with Crippen LogP contribution in [0.3, 0.4) is 0 Å². The molecule has 1 heterocycles. The van der Waals surface area contributed by atoms with Gasteiger partial charge >= 0.3 is 0 Å². The van der Waals surface area contributed by atoms with Crippen LogP contribution in [0.15, 0.2) is 18.2 Å². The Bertz CT molecular complexity index is 781. The highest BCUT2D eigenvalue weighted by Crippen LogP contribution is 2.49. The average molecular weight is 373 g/mol. The third kappa shape index (κ3) is 3.61. The number of fused-ring (bicyclic) bond motifs is 3. The van der Waals surface area contributed by atoms with Gasteiger partial charge in [0.15, 0.2) is 6.61 Å². The summed E-state index contributed by atoms with van der Waals surface area (Å²) >= 11 is 0. The van der Waals surface area contributed by atoms with Gasteiger partial charge < -0.3 is 10.1 Å². The van der Waals surface area contributed by atoms with Gasteiger partial charge in [-0.2, -0.15) is 0 Å². The van der Waals surface area contributed by atoms with E-state index in [4.69, 9.17) is 4.74 Å². The van der Waals surface area contributed by atoms with Crippen LogP contribution in [0.25, 0.3) is 0 Å². The lowest BCUT2D eigenvalue weighted by atomic mass is 9.86. The summed E-state index contributed by atoms with van der Waals surface area (Å²) in [5.41, 5.74) is 0.123. The van der Waals surface area contributed by atoms with Crippen LogP contribution in [0, 0.1) is 27.9 Å². The number of nitrogens with zero attached hydrogens (tertiary/aromatic N) is 2. The van der Waals surface area contributed by atoms with Gasteiger partial charge in [-0.3, -0.25) is 24.6 Å². The molecule has 144 valence electrons. The number of anilines is 1. The molecule has 0 spiro atoms. The molecule has 3 unspecified atom stereocenters. The quantitative estimate of drug-likeness (QED) is 0.609. The van der Waals surface area contributed by atoms with Gasteiger partial charge in [-0.05, 0) is 49.5 Å². The summed E-state index contributed by atoms with van der Waals surface area (Å²) < 4.78 is 5.31. The summed E-state index contributed by atoms with van der Waals surface area (Å²) in [6.45, 7) is 0.267. The molecule has 8 heteroatoms. The van der Waals surface area contributed by atoms with Gasteiger partial charge in [-0.25, -0.2) is 0 Å². The van der Waals surface area contributed by atoms with E-state index in [-0.39, 0.29) is 36.3 Å². The molecule has 1 aromatic rings. The van der Waals surface area contributed by atoms with E-state index in [1.807, 2.05) is 0 Å². The van der Waals surface area contributed by atoms with Crippen LogP contribution in [0.2, 0.25) is 0 Å². The van der Waals surface area contributed by atoms with Gasteiger partial charge in [0.05, 0.1) is 10.6 Å². The fraction of sp³-hybridized carbons (Fsp3) is 0.579. The molecule has 27 heavy (non-hydrogen) atoms. The number of carbonyl (C=O) groups excluding carboxylic acids is 2. The minimum atomic E-state index is -0.535. The summed E-state index contributed by atoms with van der Waals surface area (Å²) in [5, 5.41) is 13.9. The van der Waals surface area contributed by atoms with Gasteiger partial charge in [0.2, 0.25) is 5.91 Å². The van der Waals surface area contributed by atoms with Crippen molar-refractivity contribution in [3.63, 3.8) is 0 Å². The van der Waals surface area contributed by atoms with E-state index in [2.05, 4.69) is 5.32 Å². The highest BCUT2D eigenvalue weighted by molar-refractivity contribution is 6.02. The number of rotatable bonds is 6. The summed E-state index contributed by atoms with van der Waals surface area (Å²) in [6, 6.07) is 4.05. The van der Waals surface area contributed by atoms with Gasteiger partial charge in [0, 0.05) is 18.7 Å². The number of ether oxygens (including phenoxy) is 1. The number of nitro benzene ring substituents is 1. The molecule has 1 N–H and O–H groups in total. The van der Waals surface area contributed by atoms with Crippen LogP contribution < -0.4 is 15.0 Å². The second kappa shape index (κ2) is 7.17. The van der Waals surface area contributed by atoms with E-state index in [0.717, 1.165) is 18.3 Å². The molecule has 8 nitrogen and oxygen atoms in total. The lowest BCUT2D eigenvalue weighted by Crippen LogP contribution is -2.45. The molecular formula is C19H23N3O5. The standard InChI is InChI=1S/C19H23N3O5/c23-18(20-6-5-14-8-12-1-2-13(14)7-12)10-21-16-9-15(22(25)26)3-4-17(16)27-11-19(21)24/h3-4,9,12-14H,1-2,5-8,10-11H2,(H,20,23). The van der Waals surface area contributed by atoms with Crippen LogP contribution in [-0.4, -0.2) is 36.4 Å². The van der Waals surface area contributed by atoms with Gasteiger partial charge in [0.1, 0.15) is 12.3 Å². The van der Waals surface area contributed by atoms with E-state index in [9.17, 15) is 19.7 Å². The zero-order chi connectivity index (χ0) is 19.0. The van der Waals surface area contributed by atoms with E-state index in [0.29, 0.717) is 18.2 Å². The Labute approximate surface area is 157 Å². The Balaban J connectivity index is 1.35. The van der Waals surface area contributed by atoms with Crippen molar-refractivity contribution in [3.05, 3.63) is 28.3 Å². The monoisotopic (exact) mass is 373 g/mol. The van der Waals surface area contributed by atoms with Crippen LogP contribution in [0.4, 0.5) is 11.4 Å².